The number of carbonyl (C=O) groups is 2. The van der Waals surface area contributed by atoms with Crippen molar-refractivity contribution < 1.29 is 29.3 Å². The normalized spacial score (nSPS) is 31.1. The van der Waals surface area contributed by atoms with Gasteiger partial charge in [0.2, 0.25) is 5.91 Å². The van der Waals surface area contributed by atoms with Crippen molar-refractivity contribution in [1.29, 1.82) is 0 Å². The molecular formula is C14H22N2O6. The Kier molecular flexibility index (Phi) is 7.27. The fraction of sp³-hybridized carbons (Fsp3) is 0.714. The van der Waals surface area contributed by atoms with Gasteiger partial charge in [-0.25, -0.2) is 0 Å². The van der Waals surface area contributed by atoms with Crippen LogP contribution in [0.2, 0.25) is 0 Å². The summed E-state index contributed by atoms with van der Waals surface area (Å²) in [7, 11) is 1.31. The zero-order chi connectivity index (χ0) is 16.7. The molecule has 1 aliphatic rings. The van der Waals surface area contributed by atoms with Crippen LogP contribution in [-0.2, 0) is 19.1 Å². The monoisotopic (exact) mass is 314 g/mol. The Hall–Kier alpha value is -1.66. The maximum absolute atomic E-state index is 12.0. The molecular weight excluding hydrogens is 292 g/mol. The van der Waals surface area contributed by atoms with E-state index in [2.05, 4.69) is 16.6 Å². The number of amides is 2. The van der Waals surface area contributed by atoms with E-state index in [1.807, 2.05) is 0 Å². The third-order valence-corrected chi connectivity index (χ3v) is 3.26. The number of aliphatic hydroxyl groups excluding tert-OH is 2. The highest BCUT2D eigenvalue weighted by atomic mass is 16.7. The zero-order valence-electron chi connectivity index (χ0n) is 12.6. The standard InChI is InChI=1S/C14H22N2O6/c1-4-5-6-7-15-13(20)12-11(19)10(18)9(16-8(2)17)14(21-3)22-12/h1,9-12,14,18-19H,5-7H2,2-3H3,(H,15,20)(H,16,17)/t9-,10-,11-,12+,14-/m1/s1. The summed E-state index contributed by atoms with van der Waals surface area (Å²) in [5, 5.41) is 25.1. The summed E-state index contributed by atoms with van der Waals surface area (Å²) in [5.41, 5.74) is 0. The van der Waals surface area contributed by atoms with E-state index in [1.54, 1.807) is 0 Å². The minimum absolute atomic E-state index is 0.332. The molecule has 1 rings (SSSR count). The number of hydrogen-bond donors (Lipinski definition) is 4. The lowest BCUT2D eigenvalue weighted by atomic mass is 9.96. The number of carbonyl (C=O) groups excluding carboxylic acids is 2. The summed E-state index contributed by atoms with van der Waals surface area (Å²) in [4.78, 5) is 23.1. The molecule has 8 heteroatoms. The molecule has 4 N–H and O–H groups in total. The summed E-state index contributed by atoms with van der Waals surface area (Å²) in [5.74, 6) is 1.45. The average Bonchev–Trinajstić information content (AvgIpc) is 2.48. The van der Waals surface area contributed by atoms with Gasteiger partial charge in [0.1, 0.15) is 18.2 Å². The Morgan fingerprint density at radius 3 is 2.59 bits per heavy atom. The van der Waals surface area contributed by atoms with Crippen molar-refractivity contribution in [3.8, 4) is 12.3 Å². The van der Waals surface area contributed by atoms with Crippen LogP contribution in [-0.4, -0.2) is 66.3 Å². The summed E-state index contributed by atoms with van der Waals surface area (Å²) >= 11 is 0. The average molecular weight is 314 g/mol. The van der Waals surface area contributed by atoms with Crippen LogP contribution in [0.4, 0.5) is 0 Å². The van der Waals surface area contributed by atoms with Crippen molar-refractivity contribution in [3.05, 3.63) is 0 Å². The predicted molar refractivity (Wildman–Crippen MR) is 76.4 cm³/mol. The van der Waals surface area contributed by atoms with Crippen LogP contribution in [0.3, 0.4) is 0 Å². The first-order valence-electron chi connectivity index (χ1n) is 6.95. The molecule has 2 amide bonds. The Bertz CT molecular complexity index is 434. The van der Waals surface area contributed by atoms with Crippen molar-refractivity contribution in [2.45, 2.75) is 50.4 Å². The second-order valence-corrected chi connectivity index (χ2v) is 4.97. The molecule has 1 fully saturated rings. The first kappa shape index (κ1) is 18.4. The molecule has 0 aromatic heterocycles. The highest BCUT2D eigenvalue weighted by molar-refractivity contribution is 5.81. The van der Waals surface area contributed by atoms with Crippen LogP contribution >= 0.6 is 0 Å². The van der Waals surface area contributed by atoms with Gasteiger partial charge >= 0.3 is 0 Å². The van der Waals surface area contributed by atoms with E-state index >= 15 is 0 Å². The van der Waals surface area contributed by atoms with Crippen LogP contribution < -0.4 is 10.6 Å². The number of terminal acetylenes is 1. The minimum Gasteiger partial charge on any atom is -0.388 e. The fourth-order valence-corrected chi connectivity index (χ4v) is 2.17. The van der Waals surface area contributed by atoms with Crippen molar-refractivity contribution in [1.82, 2.24) is 10.6 Å². The van der Waals surface area contributed by atoms with E-state index in [0.717, 1.165) is 0 Å². The molecule has 0 saturated carbocycles. The number of nitrogens with one attached hydrogen (secondary N) is 2. The van der Waals surface area contributed by atoms with Gasteiger partial charge in [-0.2, -0.15) is 0 Å². The van der Waals surface area contributed by atoms with E-state index in [9.17, 15) is 19.8 Å². The first-order chi connectivity index (χ1) is 10.4. The van der Waals surface area contributed by atoms with Crippen molar-refractivity contribution >= 4 is 11.8 Å². The Balaban J connectivity index is 2.68. The first-order valence-corrected chi connectivity index (χ1v) is 6.95. The number of unbranched alkanes of at least 4 members (excludes halogenated alkanes) is 1. The molecule has 22 heavy (non-hydrogen) atoms. The summed E-state index contributed by atoms with van der Waals surface area (Å²) in [6.45, 7) is 1.59. The summed E-state index contributed by atoms with van der Waals surface area (Å²) in [6.07, 6.45) is 0.981. The zero-order valence-corrected chi connectivity index (χ0v) is 12.6. The number of aliphatic hydroxyl groups is 2. The maximum Gasteiger partial charge on any atom is 0.252 e. The van der Waals surface area contributed by atoms with E-state index < -0.39 is 42.5 Å². The van der Waals surface area contributed by atoms with Gasteiger partial charge in [0, 0.05) is 27.0 Å². The molecule has 5 atom stereocenters. The SMILES string of the molecule is C#CCCCNC(=O)[C@H]1O[C@@H](OC)[C@H](NC(C)=O)[C@@H](O)[C@H]1O. The molecule has 0 bridgehead atoms. The highest BCUT2D eigenvalue weighted by Gasteiger charge is 2.47. The topological polar surface area (TPSA) is 117 Å². The van der Waals surface area contributed by atoms with Gasteiger partial charge in [-0.05, 0) is 6.42 Å². The van der Waals surface area contributed by atoms with Crippen LogP contribution in [0.1, 0.15) is 19.8 Å². The molecule has 0 aromatic carbocycles. The number of hydrogen-bond acceptors (Lipinski definition) is 6. The Morgan fingerprint density at radius 1 is 1.36 bits per heavy atom. The van der Waals surface area contributed by atoms with Crippen LogP contribution in [0.25, 0.3) is 0 Å². The van der Waals surface area contributed by atoms with Crippen molar-refractivity contribution in [2.24, 2.45) is 0 Å². The van der Waals surface area contributed by atoms with Gasteiger partial charge < -0.3 is 30.3 Å². The summed E-state index contributed by atoms with van der Waals surface area (Å²) < 4.78 is 10.4. The second-order valence-electron chi connectivity index (χ2n) is 4.97. The van der Waals surface area contributed by atoms with Crippen LogP contribution in [0, 0.1) is 12.3 Å². The molecule has 1 heterocycles. The third-order valence-electron chi connectivity index (χ3n) is 3.26. The van der Waals surface area contributed by atoms with Gasteiger partial charge in [-0.3, -0.25) is 9.59 Å². The van der Waals surface area contributed by atoms with Gasteiger partial charge in [0.15, 0.2) is 12.4 Å². The molecule has 1 saturated heterocycles. The minimum atomic E-state index is -1.49. The van der Waals surface area contributed by atoms with Crippen molar-refractivity contribution in [3.63, 3.8) is 0 Å². The Morgan fingerprint density at radius 2 is 2.05 bits per heavy atom. The van der Waals surface area contributed by atoms with Gasteiger partial charge in [0.05, 0.1) is 0 Å². The van der Waals surface area contributed by atoms with Gasteiger partial charge in [0.25, 0.3) is 5.91 Å². The lowest BCUT2D eigenvalue weighted by Gasteiger charge is -2.41. The van der Waals surface area contributed by atoms with Crippen LogP contribution in [0.5, 0.6) is 0 Å². The third kappa shape index (κ3) is 4.68. The molecule has 8 nitrogen and oxygen atoms in total. The second kappa shape index (κ2) is 8.70. The number of ether oxygens (including phenoxy) is 2. The van der Waals surface area contributed by atoms with E-state index in [-0.39, 0.29) is 0 Å². The molecule has 0 aromatic rings. The lowest BCUT2D eigenvalue weighted by Crippen LogP contribution is -2.66. The highest BCUT2D eigenvalue weighted by Crippen LogP contribution is 2.22. The fourth-order valence-electron chi connectivity index (χ4n) is 2.17. The molecule has 1 aliphatic heterocycles. The van der Waals surface area contributed by atoms with Gasteiger partial charge in [-0.1, -0.05) is 0 Å². The van der Waals surface area contributed by atoms with Gasteiger partial charge in [-0.15, -0.1) is 12.3 Å². The maximum atomic E-state index is 12.0. The van der Waals surface area contributed by atoms with Crippen molar-refractivity contribution in [2.75, 3.05) is 13.7 Å². The lowest BCUT2D eigenvalue weighted by molar-refractivity contribution is -0.251. The number of rotatable bonds is 6. The molecule has 0 radical (unpaired) electrons. The predicted octanol–water partition coefficient (Wildman–Crippen LogP) is -1.89. The molecule has 0 spiro atoms. The molecule has 0 aliphatic carbocycles. The molecule has 0 unspecified atom stereocenters. The summed E-state index contributed by atoms with van der Waals surface area (Å²) in [6, 6.07) is -0.969. The van der Waals surface area contributed by atoms with Crippen LogP contribution in [0.15, 0.2) is 0 Å². The van der Waals surface area contributed by atoms with E-state index in [4.69, 9.17) is 15.9 Å². The largest absolute Gasteiger partial charge is 0.388 e. The number of methoxy groups -OCH3 is 1. The quantitative estimate of drug-likeness (QED) is 0.336. The smallest absolute Gasteiger partial charge is 0.252 e. The van der Waals surface area contributed by atoms with E-state index in [0.29, 0.717) is 19.4 Å². The Labute approximate surface area is 129 Å². The van der Waals surface area contributed by atoms with E-state index in [1.165, 1.54) is 14.0 Å². The molecule has 124 valence electrons.